The van der Waals surface area contributed by atoms with Crippen molar-refractivity contribution in [1.29, 1.82) is 0 Å². The van der Waals surface area contributed by atoms with E-state index in [-0.39, 0.29) is 36.7 Å². The average molecular weight is 452 g/mol. The maximum atomic E-state index is 12.7. The highest BCUT2D eigenvalue weighted by atomic mass is 16.6. The van der Waals surface area contributed by atoms with E-state index in [1.807, 2.05) is 12.1 Å². The smallest absolute Gasteiger partial charge is 0.410 e. The van der Waals surface area contributed by atoms with E-state index in [9.17, 15) is 14.4 Å². The van der Waals surface area contributed by atoms with Crippen LogP contribution in [0.15, 0.2) is 36.8 Å². The first-order chi connectivity index (χ1) is 16.0. The number of benzene rings is 1. The monoisotopic (exact) mass is 451 g/mol. The third-order valence-electron chi connectivity index (χ3n) is 6.46. The molecule has 1 aromatic carbocycles. The first-order valence-corrected chi connectivity index (χ1v) is 11.5. The van der Waals surface area contributed by atoms with Crippen molar-refractivity contribution in [2.24, 2.45) is 5.92 Å². The van der Waals surface area contributed by atoms with Crippen LogP contribution < -0.4 is 0 Å². The van der Waals surface area contributed by atoms with Gasteiger partial charge in [0.15, 0.2) is 0 Å². The molecule has 1 aliphatic carbocycles. The highest BCUT2D eigenvalue weighted by molar-refractivity contribution is 5.82. The van der Waals surface area contributed by atoms with E-state index in [0.29, 0.717) is 25.2 Å². The topological polar surface area (TPSA) is 110 Å². The summed E-state index contributed by atoms with van der Waals surface area (Å²) in [6.07, 6.45) is 8.89. The molecule has 0 unspecified atom stereocenters. The number of carboxylic acid groups (broad SMARTS) is 1. The molecule has 8 nitrogen and oxygen atoms in total. The van der Waals surface area contributed by atoms with Crippen molar-refractivity contribution in [2.45, 2.75) is 64.0 Å². The molecular weight excluding hydrogens is 422 g/mol. The van der Waals surface area contributed by atoms with Crippen LogP contribution in [-0.4, -0.2) is 50.5 Å². The van der Waals surface area contributed by atoms with Crippen molar-refractivity contribution in [1.82, 2.24) is 14.9 Å². The molecule has 1 N–H and O–H groups in total. The van der Waals surface area contributed by atoms with Gasteiger partial charge in [0.1, 0.15) is 11.9 Å². The summed E-state index contributed by atoms with van der Waals surface area (Å²) in [5.41, 5.74) is 3.88. The number of rotatable bonds is 7. The predicted molar refractivity (Wildman–Crippen MR) is 119 cm³/mol. The predicted octanol–water partition coefficient (Wildman–Crippen LogP) is 3.36. The molecule has 0 radical (unpaired) electrons. The van der Waals surface area contributed by atoms with Crippen LogP contribution in [0, 0.1) is 5.92 Å². The van der Waals surface area contributed by atoms with Crippen molar-refractivity contribution in [3.8, 4) is 0 Å². The number of Topliss-reactive ketones (excluding diaryl/α,β-unsaturated/α-hetero) is 1. The Morgan fingerprint density at radius 3 is 2.61 bits per heavy atom. The number of fused-ring (bicyclic) bond motifs is 1. The van der Waals surface area contributed by atoms with Crippen LogP contribution >= 0.6 is 0 Å². The lowest BCUT2D eigenvalue weighted by Gasteiger charge is -2.32. The number of nitrogens with zero attached hydrogens (tertiary/aromatic N) is 3. The van der Waals surface area contributed by atoms with Gasteiger partial charge in [-0.3, -0.25) is 19.6 Å². The molecule has 0 bridgehead atoms. The Bertz CT molecular complexity index is 1000. The fourth-order valence-electron chi connectivity index (χ4n) is 4.70. The molecule has 1 fully saturated rings. The summed E-state index contributed by atoms with van der Waals surface area (Å²) < 4.78 is 5.72. The van der Waals surface area contributed by atoms with Crippen molar-refractivity contribution in [3.63, 3.8) is 0 Å². The van der Waals surface area contributed by atoms with Gasteiger partial charge < -0.3 is 14.7 Å². The molecule has 33 heavy (non-hydrogen) atoms. The Balaban J connectivity index is 1.27. The van der Waals surface area contributed by atoms with Gasteiger partial charge in [-0.25, -0.2) is 4.79 Å². The van der Waals surface area contributed by atoms with Crippen LogP contribution in [0.3, 0.4) is 0 Å². The third kappa shape index (κ3) is 6.37. The molecule has 1 aromatic heterocycles. The molecule has 8 heteroatoms. The summed E-state index contributed by atoms with van der Waals surface area (Å²) in [5, 5.41) is 8.93. The molecular formula is C25H29N3O5. The maximum Gasteiger partial charge on any atom is 0.410 e. The van der Waals surface area contributed by atoms with E-state index < -0.39 is 5.97 Å². The van der Waals surface area contributed by atoms with Gasteiger partial charge in [-0.1, -0.05) is 18.2 Å². The molecule has 1 saturated carbocycles. The molecule has 174 valence electrons. The standard InChI is InChI=1S/C25H29N3O5/c29-22(14-21-15-26-8-9-27-21)12-18-1-4-20-16-28(10-7-19(20)11-18)25(32)33-23-5-2-17(3-6-23)13-24(30)31/h1,4,8-9,11,15,17,23H,2-3,5-7,10,12-14,16H2,(H,30,31). The summed E-state index contributed by atoms with van der Waals surface area (Å²) >= 11 is 0. The number of aliphatic carboxylic acids is 1. The zero-order valence-electron chi connectivity index (χ0n) is 18.6. The fraction of sp³-hybridized carbons (Fsp3) is 0.480. The highest BCUT2D eigenvalue weighted by Gasteiger charge is 2.28. The van der Waals surface area contributed by atoms with Crippen molar-refractivity contribution < 1.29 is 24.2 Å². The second kappa shape index (κ2) is 10.6. The lowest BCUT2D eigenvalue weighted by atomic mass is 9.85. The van der Waals surface area contributed by atoms with E-state index in [2.05, 4.69) is 16.0 Å². The Morgan fingerprint density at radius 1 is 1.06 bits per heavy atom. The van der Waals surface area contributed by atoms with E-state index in [0.717, 1.165) is 48.8 Å². The number of amides is 1. The van der Waals surface area contributed by atoms with Gasteiger partial charge in [-0.15, -0.1) is 0 Å². The molecule has 2 aromatic rings. The first kappa shape index (κ1) is 22.9. The first-order valence-electron chi connectivity index (χ1n) is 11.5. The average Bonchev–Trinajstić information content (AvgIpc) is 2.80. The Morgan fingerprint density at radius 2 is 1.88 bits per heavy atom. The van der Waals surface area contributed by atoms with Gasteiger partial charge in [0.05, 0.1) is 12.1 Å². The maximum absolute atomic E-state index is 12.7. The number of carboxylic acids is 1. The summed E-state index contributed by atoms with van der Waals surface area (Å²) in [6, 6.07) is 6.01. The summed E-state index contributed by atoms with van der Waals surface area (Å²) in [4.78, 5) is 45.8. The molecule has 4 rings (SSSR count). The zero-order chi connectivity index (χ0) is 23.2. The number of hydrogen-bond acceptors (Lipinski definition) is 6. The Kier molecular flexibility index (Phi) is 7.32. The lowest BCUT2D eigenvalue weighted by molar-refractivity contribution is -0.138. The van der Waals surface area contributed by atoms with Gasteiger partial charge in [0, 0.05) is 44.5 Å². The van der Waals surface area contributed by atoms with Crippen LogP contribution in [0.4, 0.5) is 4.79 Å². The summed E-state index contributed by atoms with van der Waals surface area (Å²) in [7, 11) is 0. The van der Waals surface area contributed by atoms with Gasteiger partial charge >= 0.3 is 12.1 Å². The molecule has 0 saturated heterocycles. The summed E-state index contributed by atoms with van der Waals surface area (Å²) in [5.74, 6) is -0.490. The van der Waals surface area contributed by atoms with Crippen LogP contribution in [-0.2, 0) is 40.1 Å². The minimum Gasteiger partial charge on any atom is -0.481 e. The van der Waals surface area contributed by atoms with Crippen LogP contribution in [0.2, 0.25) is 0 Å². The fourth-order valence-corrected chi connectivity index (χ4v) is 4.70. The number of ketones is 1. The Hall–Kier alpha value is -3.29. The van der Waals surface area contributed by atoms with Crippen LogP contribution in [0.25, 0.3) is 0 Å². The number of hydrogen-bond donors (Lipinski definition) is 1. The van der Waals surface area contributed by atoms with Gasteiger partial charge in [-0.2, -0.15) is 0 Å². The molecule has 1 aliphatic heterocycles. The second-order valence-corrected chi connectivity index (χ2v) is 8.99. The third-order valence-corrected chi connectivity index (χ3v) is 6.46. The van der Waals surface area contributed by atoms with Gasteiger partial charge in [0.2, 0.25) is 0 Å². The van der Waals surface area contributed by atoms with Crippen LogP contribution in [0.1, 0.15) is 54.5 Å². The van der Waals surface area contributed by atoms with Crippen LogP contribution in [0.5, 0.6) is 0 Å². The molecule has 0 spiro atoms. The molecule has 2 aliphatic rings. The largest absolute Gasteiger partial charge is 0.481 e. The van der Waals surface area contributed by atoms with Crippen molar-refractivity contribution in [2.75, 3.05) is 6.54 Å². The number of carbonyl (C=O) groups is 3. The normalized spacial score (nSPS) is 20.1. The lowest BCUT2D eigenvalue weighted by Crippen LogP contribution is -2.39. The van der Waals surface area contributed by atoms with Crippen molar-refractivity contribution >= 4 is 17.8 Å². The molecule has 0 atom stereocenters. The number of aromatic nitrogens is 2. The number of ether oxygens (including phenoxy) is 1. The van der Waals surface area contributed by atoms with Crippen molar-refractivity contribution in [3.05, 3.63) is 59.2 Å². The Labute approximate surface area is 193 Å². The minimum absolute atomic E-state index is 0.0922. The SMILES string of the molecule is O=C(O)CC1CCC(OC(=O)N2CCc3cc(CC(=O)Cc4cnccn4)ccc3C2)CC1. The quantitative estimate of drug-likeness (QED) is 0.687. The highest BCUT2D eigenvalue weighted by Crippen LogP contribution is 2.29. The number of carbonyl (C=O) groups excluding carboxylic acids is 2. The minimum atomic E-state index is -0.763. The second-order valence-electron chi connectivity index (χ2n) is 8.99. The zero-order valence-corrected chi connectivity index (χ0v) is 18.6. The van der Waals surface area contributed by atoms with Gasteiger partial charge in [0.25, 0.3) is 0 Å². The van der Waals surface area contributed by atoms with E-state index >= 15 is 0 Å². The van der Waals surface area contributed by atoms with E-state index in [1.165, 1.54) is 0 Å². The van der Waals surface area contributed by atoms with E-state index in [4.69, 9.17) is 9.84 Å². The van der Waals surface area contributed by atoms with Gasteiger partial charge in [-0.05, 0) is 54.7 Å². The molecule has 1 amide bonds. The van der Waals surface area contributed by atoms with E-state index in [1.54, 1.807) is 23.5 Å². The molecule has 2 heterocycles. The summed E-state index contributed by atoms with van der Waals surface area (Å²) in [6.45, 7) is 1.08.